The van der Waals surface area contributed by atoms with E-state index in [1.807, 2.05) is 30.3 Å². The molecule has 0 atom stereocenters. The molecule has 1 N–H and O–H groups in total. The van der Waals surface area contributed by atoms with E-state index in [2.05, 4.69) is 46.4 Å². The van der Waals surface area contributed by atoms with Gasteiger partial charge in [0.05, 0.1) is 0 Å². The summed E-state index contributed by atoms with van der Waals surface area (Å²) in [5, 5.41) is 3.32. The molecule has 0 aliphatic carbocycles. The van der Waals surface area contributed by atoms with E-state index >= 15 is 0 Å². The molecule has 0 aromatic heterocycles. The van der Waals surface area contributed by atoms with Crippen molar-refractivity contribution in [3.63, 3.8) is 0 Å². The summed E-state index contributed by atoms with van der Waals surface area (Å²) in [5.74, 6) is 0.950. The molecule has 2 aromatic rings. The van der Waals surface area contributed by atoms with Crippen LogP contribution in [0.5, 0.6) is 5.75 Å². The van der Waals surface area contributed by atoms with Crippen molar-refractivity contribution in [3.05, 3.63) is 64.1 Å². The zero-order chi connectivity index (χ0) is 13.5. The molecule has 0 heterocycles. The van der Waals surface area contributed by atoms with Gasteiger partial charge in [-0.1, -0.05) is 53.2 Å². The Hall–Kier alpha value is -1.32. The van der Waals surface area contributed by atoms with Crippen molar-refractivity contribution in [1.29, 1.82) is 0 Å². The summed E-state index contributed by atoms with van der Waals surface area (Å²) in [6.07, 6.45) is 0. The van der Waals surface area contributed by atoms with E-state index in [9.17, 15) is 0 Å². The first-order valence-electron chi connectivity index (χ1n) is 6.45. The van der Waals surface area contributed by atoms with Gasteiger partial charge in [0.25, 0.3) is 0 Å². The van der Waals surface area contributed by atoms with E-state index in [0.717, 1.165) is 23.3 Å². The van der Waals surface area contributed by atoms with Crippen molar-refractivity contribution in [2.24, 2.45) is 0 Å². The van der Waals surface area contributed by atoms with E-state index < -0.39 is 0 Å². The van der Waals surface area contributed by atoms with Gasteiger partial charge in [-0.05, 0) is 30.3 Å². The Morgan fingerprint density at radius 2 is 1.79 bits per heavy atom. The van der Waals surface area contributed by atoms with Crippen molar-refractivity contribution in [1.82, 2.24) is 5.32 Å². The van der Waals surface area contributed by atoms with Gasteiger partial charge in [0.1, 0.15) is 12.4 Å². The molecule has 2 nitrogen and oxygen atoms in total. The third kappa shape index (κ3) is 4.37. The lowest BCUT2D eigenvalue weighted by Crippen LogP contribution is -2.12. The van der Waals surface area contributed by atoms with Crippen LogP contribution in [0.15, 0.2) is 53.0 Å². The van der Waals surface area contributed by atoms with Crippen LogP contribution < -0.4 is 10.1 Å². The van der Waals surface area contributed by atoms with Crippen LogP contribution in [-0.2, 0) is 13.2 Å². The predicted octanol–water partition coefficient (Wildman–Crippen LogP) is 4.14. The van der Waals surface area contributed by atoms with Crippen molar-refractivity contribution in [2.75, 3.05) is 6.54 Å². The van der Waals surface area contributed by atoms with Gasteiger partial charge in [0.2, 0.25) is 0 Å². The lowest BCUT2D eigenvalue weighted by molar-refractivity contribution is 0.302. The number of rotatable bonds is 6. The Labute approximate surface area is 122 Å². The quantitative estimate of drug-likeness (QED) is 0.864. The molecule has 0 radical (unpaired) electrons. The highest BCUT2D eigenvalue weighted by Crippen LogP contribution is 2.19. The smallest absolute Gasteiger partial charge is 0.124 e. The van der Waals surface area contributed by atoms with Crippen molar-refractivity contribution in [2.45, 2.75) is 20.1 Å². The molecule has 0 amide bonds. The van der Waals surface area contributed by atoms with Gasteiger partial charge in [-0.25, -0.2) is 0 Å². The van der Waals surface area contributed by atoms with E-state index in [1.54, 1.807) is 0 Å². The summed E-state index contributed by atoms with van der Waals surface area (Å²) in [4.78, 5) is 0. The molecular weight excluding hydrogens is 302 g/mol. The Bertz CT molecular complexity index is 510. The first kappa shape index (κ1) is 14.1. The molecule has 0 bridgehead atoms. The molecule has 0 saturated carbocycles. The summed E-state index contributed by atoms with van der Waals surface area (Å²) < 4.78 is 6.99. The zero-order valence-corrected chi connectivity index (χ0v) is 12.6. The van der Waals surface area contributed by atoms with Gasteiger partial charge in [0.15, 0.2) is 0 Å². The SMILES string of the molecule is CCNCc1ccccc1OCc1ccc(Br)cc1. The molecule has 100 valence electrons. The van der Waals surface area contributed by atoms with E-state index in [1.165, 1.54) is 11.1 Å². The van der Waals surface area contributed by atoms with Crippen LogP contribution in [0.25, 0.3) is 0 Å². The number of para-hydroxylation sites is 1. The fraction of sp³-hybridized carbons (Fsp3) is 0.250. The lowest BCUT2D eigenvalue weighted by atomic mass is 10.2. The highest BCUT2D eigenvalue weighted by atomic mass is 79.9. The van der Waals surface area contributed by atoms with Gasteiger partial charge in [0, 0.05) is 16.6 Å². The van der Waals surface area contributed by atoms with Gasteiger partial charge in [-0.15, -0.1) is 0 Å². The fourth-order valence-corrected chi connectivity index (χ4v) is 2.06. The molecule has 3 heteroatoms. The first-order chi connectivity index (χ1) is 9.29. The number of ether oxygens (including phenoxy) is 1. The first-order valence-corrected chi connectivity index (χ1v) is 7.24. The van der Waals surface area contributed by atoms with Crippen LogP contribution in [-0.4, -0.2) is 6.54 Å². The summed E-state index contributed by atoms with van der Waals surface area (Å²) in [6, 6.07) is 16.4. The minimum absolute atomic E-state index is 0.594. The van der Waals surface area contributed by atoms with E-state index in [-0.39, 0.29) is 0 Å². The minimum Gasteiger partial charge on any atom is -0.489 e. The molecule has 0 fully saturated rings. The van der Waals surface area contributed by atoms with Crippen molar-refractivity contribution < 1.29 is 4.74 Å². The molecular formula is C16H18BrNO. The molecule has 19 heavy (non-hydrogen) atoms. The third-order valence-electron chi connectivity index (χ3n) is 2.85. The highest BCUT2D eigenvalue weighted by Gasteiger charge is 2.02. The maximum Gasteiger partial charge on any atom is 0.124 e. The fourth-order valence-electron chi connectivity index (χ4n) is 1.79. The van der Waals surface area contributed by atoms with Gasteiger partial charge in [-0.3, -0.25) is 0 Å². The Kier molecular flexibility index (Phi) is 5.43. The van der Waals surface area contributed by atoms with Crippen LogP contribution in [0.1, 0.15) is 18.1 Å². The summed E-state index contributed by atoms with van der Waals surface area (Å²) in [6.45, 7) is 4.50. The van der Waals surface area contributed by atoms with Crippen LogP contribution in [0, 0.1) is 0 Å². The van der Waals surface area contributed by atoms with Gasteiger partial charge < -0.3 is 10.1 Å². The highest BCUT2D eigenvalue weighted by molar-refractivity contribution is 9.10. The second kappa shape index (κ2) is 7.31. The van der Waals surface area contributed by atoms with E-state index in [0.29, 0.717) is 6.61 Å². The zero-order valence-electron chi connectivity index (χ0n) is 11.0. The second-order valence-electron chi connectivity index (χ2n) is 4.30. The second-order valence-corrected chi connectivity index (χ2v) is 5.22. The number of halogens is 1. The Morgan fingerprint density at radius 3 is 2.53 bits per heavy atom. The average molecular weight is 320 g/mol. The third-order valence-corrected chi connectivity index (χ3v) is 3.37. The van der Waals surface area contributed by atoms with Gasteiger partial charge >= 0.3 is 0 Å². The van der Waals surface area contributed by atoms with Crippen LogP contribution in [0.2, 0.25) is 0 Å². The molecule has 0 spiro atoms. The lowest BCUT2D eigenvalue weighted by Gasteiger charge is -2.11. The predicted molar refractivity (Wildman–Crippen MR) is 82.3 cm³/mol. The Morgan fingerprint density at radius 1 is 1.05 bits per heavy atom. The molecule has 0 aliphatic rings. The summed E-state index contributed by atoms with van der Waals surface area (Å²) in [5.41, 5.74) is 2.36. The number of hydrogen-bond acceptors (Lipinski definition) is 2. The number of hydrogen-bond donors (Lipinski definition) is 1. The molecule has 0 saturated heterocycles. The largest absolute Gasteiger partial charge is 0.489 e. The summed E-state index contributed by atoms with van der Waals surface area (Å²) >= 11 is 3.43. The van der Waals surface area contributed by atoms with Gasteiger partial charge in [-0.2, -0.15) is 0 Å². The van der Waals surface area contributed by atoms with Crippen molar-refractivity contribution in [3.8, 4) is 5.75 Å². The topological polar surface area (TPSA) is 21.3 Å². The van der Waals surface area contributed by atoms with E-state index in [4.69, 9.17) is 4.74 Å². The average Bonchev–Trinajstić information content (AvgIpc) is 2.45. The standard InChI is InChI=1S/C16H18BrNO/c1-2-18-11-14-5-3-4-6-16(14)19-12-13-7-9-15(17)10-8-13/h3-10,18H,2,11-12H2,1H3. The summed E-state index contributed by atoms with van der Waals surface area (Å²) in [7, 11) is 0. The molecule has 2 aromatic carbocycles. The van der Waals surface area contributed by atoms with Crippen LogP contribution >= 0.6 is 15.9 Å². The van der Waals surface area contributed by atoms with Crippen LogP contribution in [0.4, 0.5) is 0 Å². The molecule has 0 aliphatic heterocycles. The minimum atomic E-state index is 0.594. The van der Waals surface area contributed by atoms with Crippen LogP contribution in [0.3, 0.4) is 0 Å². The molecule has 0 unspecified atom stereocenters. The monoisotopic (exact) mass is 319 g/mol. The molecule has 2 rings (SSSR count). The number of benzene rings is 2. The number of nitrogens with one attached hydrogen (secondary N) is 1. The maximum atomic E-state index is 5.90. The normalized spacial score (nSPS) is 10.4. The Balaban J connectivity index is 2.00. The maximum absolute atomic E-state index is 5.90. The van der Waals surface area contributed by atoms with Crippen molar-refractivity contribution >= 4 is 15.9 Å².